The van der Waals surface area contributed by atoms with Gasteiger partial charge in [-0.2, -0.15) is 0 Å². The van der Waals surface area contributed by atoms with Crippen molar-refractivity contribution in [3.63, 3.8) is 0 Å². The summed E-state index contributed by atoms with van der Waals surface area (Å²) in [4.78, 5) is 19.4. The number of hydrogen-bond acceptors (Lipinski definition) is 3. The van der Waals surface area contributed by atoms with E-state index in [-0.39, 0.29) is 5.69 Å². The van der Waals surface area contributed by atoms with Gasteiger partial charge in [0.05, 0.1) is 17.6 Å². The highest BCUT2D eigenvalue weighted by Crippen LogP contribution is 2.22. The first-order valence-electron chi connectivity index (χ1n) is 9.87. The first-order chi connectivity index (χ1) is 13.3. The van der Waals surface area contributed by atoms with E-state index in [1.807, 2.05) is 18.2 Å². The average molecular weight is 365 g/mol. The Kier molecular flexibility index (Phi) is 5.58. The van der Waals surface area contributed by atoms with Crippen LogP contribution in [0.2, 0.25) is 0 Å². The van der Waals surface area contributed by atoms with Crippen molar-refractivity contribution in [2.24, 2.45) is 5.92 Å². The Hall–Kier alpha value is -2.53. The Labute approximate surface area is 159 Å². The molecule has 2 N–H and O–H groups in total. The molecule has 4 rings (SSSR count). The summed E-state index contributed by atoms with van der Waals surface area (Å²) in [6, 6.07) is 16.5. The molecule has 142 valence electrons. The molecule has 3 aromatic rings. The van der Waals surface area contributed by atoms with Crippen molar-refractivity contribution < 1.29 is 4.74 Å². The van der Waals surface area contributed by atoms with Gasteiger partial charge in [-0.3, -0.25) is 0 Å². The lowest BCUT2D eigenvalue weighted by atomic mass is 9.90. The highest BCUT2D eigenvalue weighted by atomic mass is 16.5. The van der Waals surface area contributed by atoms with Crippen molar-refractivity contribution in [3.05, 3.63) is 64.6 Å². The number of imidazole rings is 1. The third kappa shape index (κ3) is 4.80. The van der Waals surface area contributed by atoms with Crippen LogP contribution in [0, 0.1) is 5.92 Å². The minimum atomic E-state index is -0.183. The zero-order valence-corrected chi connectivity index (χ0v) is 15.6. The van der Waals surface area contributed by atoms with Gasteiger partial charge < -0.3 is 19.6 Å². The molecule has 0 aliphatic carbocycles. The minimum absolute atomic E-state index is 0.183. The summed E-state index contributed by atoms with van der Waals surface area (Å²) in [5, 5.41) is 0. The first kappa shape index (κ1) is 17.9. The lowest BCUT2D eigenvalue weighted by molar-refractivity contribution is 0.170. The molecule has 27 heavy (non-hydrogen) atoms. The molecule has 0 radical (unpaired) electrons. The van der Waals surface area contributed by atoms with Gasteiger partial charge in [-0.25, -0.2) is 4.79 Å². The Morgan fingerprint density at radius 2 is 1.78 bits per heavy atom. The van der Waals surface area contributed by atoms with Crippen LogP contribution in [-0.4, -0.2) is 41.1 Å². The lowest BCUT2D eigenvalue weighted by Crippen LogP contribution is -2.35. The van der Waals surface area contributed by atoms with Crippen molar-refractivity contribution in [1.29, 1.82) is 0 Å². The number of aromatic amines is 2. The molecule has 0 amide bonds. The normalized spacial score (nSPS) is 16.0. The number of benzene rings is 2. The van der Waals surface area contributed by atoms with Gasteiger partial charge in [0.25, 0.3) is 0 Å². The molecule has 1 aliphatic rings. The van der Waals surface area contributed by atoms with Crippen LogP contribution < -0.4 is 10.4 Å². The topological polar surface area (TPSA) is 61.1 Å². The molecule has 0 saturated carbocycles. The summed E-state index contributed by atoms with van der Waals surface area (Å²) in [7, 11) is 0. The number of nitrogens with zero attached hydrogens (tertiary/aromatic N) is 1. The van der Waals surface area contributed by atoms with Crippen LogP contribution in [-0.2, 0) is 6.42 Å². The molecule has 0 unspecified atom stereocenters. The maximum Gasteiger partial charge on any atom is 0.323 e. The highest BCUT2D eigenvalue weighted by molar-refractivity contribution is 5.75. The second-order valence-electron chi connectivity index (χ2n) is 7.46. The molecule has 5 heteroatoms. The van der Waals surface area contributed by atoms with E-state index in [1.54, 1.807) is 0 Å². The molecule has 0 spiro atoms. The van der Waals surface area contributed by atoms with Gasteiger partial charge in [-0.1, -0.05) is 30.3 Å². The van der Waals surface area contributed by atoms with Crippen LogP contribution in [0.25, 0.3) is 11.0 Å². The fourth-order valence-electron chi connectivity index (χ4n) is 3.94. The SMILES string of the molecule is O=c1[nH]c2ccc(OCCCN3CCC(Cc4ccccc4)CC3)cc2[nH]1. The number of piperidine rings is 1. The zero-order chi connectivity index (χ0) is 18.5. The van der Waals surface area contributed by atoms with Gasteiger partial charge in [-0.05, 0) is 62.4 Å². The molecular formula is C22H27N3O2. The van der Waals surface area contributed by atoms with Crippen molar-refractivity contribution in [2.75, 3.05) is 26.2 Å². The van der Waals surface area contributed by atoms with Crippen LogP contribution >= 0.6 is 0 Å². The van der Waals surface area contributed by atoms with Gasteiger partial charge >= 0.3 is 5.69 Å². The van der Waals surface area contributed by atoms with E-state index < -0.39 is 0 Å². The molecule has 5 nitrogen and oxygen atoms in total. The van der Waals surface area contributed by atoms with Gasteiger partial charge in [0.15, 0.2) is 0 Å². The van der Waals surface area contributed by atoms with E-state index in [9.17, 15) is 4.79 Å². The Morgan fingerprint density at radius 3 is 2.59 bits per heavy atom. The van der Waals surface area contributed by atoms with Crippen LogP contribution in [0.15, 0.2) is 53.3 Å². The molecule has 1 aliphatic heterocycles. The van der Waals surface area contributed by atoms with E-state index in [4.69, 9.17) is 4.74 Å². The summed E-state index contributed by atoms with van der Waals surface area (Å²) >= 11 is 0. The second kappa shape index (κ2) is 8.44. The summed E-state index contributed by atoms with van der Waals surface area (Å²) in [6.07, 6.45) is 4.80. The number of likely N-dealkylation sites (tertiary alicyclic amines) is 1. The maximum absolute atomic E-state index is 11.3. The number of nitrogens with one attached hydrogen (secondary N) is 2. The largest absolute Gasteiger partial charge is 0.493 e. The van der Waals surface area contributed by atoms with E-state index in [0.29, 0.717) is 6.61 Å². The molecule has 1 aromatic heterocycles. The van der Waals surface area contributed by atoms with Gasteiger partial charge in [0.2, 0.25) is 0 Å². The fourth-order valence-corrected chi connectivity index (χ4v) is 3.94. The van der Waals surface area contributed by atoms with Crippen molar-refractivity contribution in [1.82, 2.24) is 14.9 Å². The van der Waals surface area contributed by atoms with Crippen LogP contribution in [0.4, 0.5) is 0 Å². The maximum atomic E-state index is 11.3. The lowest BCUT2D eigenvalue weighted by Gasteiger charge is -2.32. The Balaban J connectivity index is 1.16. The number of aromatic nitrogens is 2. The Morgan fingerprint density at radius 1 is 1.00 bits per heavy atom. The molecule has 0 atom stereocenters. The Bertz CT molecular complexity index is 908. The van der Waals surface area contributed by atoms with E-state index in [2.05, 4.69) is 45.2 Å². The summed E-state index contributed by atoms with van der Waals surface area (Å²) in [6.45, 7) is 4.16. The predicted molar refractivity (Wildman–Crippen MR) is 108 cm³/mol. The van der Waals surface area contributed by atoms with Gasteiger partial charge in [0.1, 0.15) is 5.75 Å². The summed E-state index contributed by atoms with van der Waals surface area (Å²) in [5.74, 6) is 1.62. The average Bonchev–Trinajstić information content (AvgIpc) is 3.06. The van der Waals surface area contributed by atoms with Crippen molar-refractivity contribution in [2.45, 2.75) is 25.7 Å². The second-order valence-corrected chi connectivity index (χ2v) is 7.46. The van der Waals surface area contributed by atoms with Crippen LogP contribution in [0.5, 0.6) is 5.75 Å². The van der Waals surface area contributed by atoms with Gasteiger partial charge in [0, 0.05) is 12.6 Å². The molecular weight excluding hydrogens is 338 g/mol. The number of ether oxygens (including phenoxy) is 1. The molecule has 2 heterocycles. The van der Waals surface area contributed by atoms with Crippen LogP contribution in [0.1, 0.15) is 24.8 Å². The number of H-pyrrole nitrogens is 2. The van der Waals surface area contributed by atoms with E-state index >= 15 is 0 Å². The quantitative estimate of drug-likeness (QED) is 0.629. The smallest absolute Gasteiger partial charge is 0.323 e. The van der Waals surface area contributed by atoms with Crippen molar-refractivity contribution >= 4 is 11.0 Å². The highest BCUT2D eigenvalue weighted by Gasteiger charge is 2.19. The monoisotopic (exact) mass is 365 g/mol. The van der Waals surface area contributed by atoms with Crippen molar-refractivity contribution in [3.8, 4) is 5.75 Å². The number of fused-ring (bicyclic) bond motifs is 1. The zero-order valence-electron chi connectivity index (χ0n) is 15.6. The third-order valence-electron chi connectivity index (χ3n) is 5.45. The third-order valence-corrected chi connectivity index (χ3v) is 5.45. The molecule has 0 bridgehead atoms. The van der Waals surface area contributed by atoms with E-state index in [0.717, 1.165) is 35.7 Å². The number of hydrogen-bond donors (Lipinski definition) is 2. The molecule has 2 aromatic carbocycles. The predicted octanol–water partition coefficient (Wildman–Crippen LogP) is 3.58. The molecule has 1 saturated heterocycles. The summed E-state index contributed by atoms with van der Waals surface area (Å²) < 4.78 is 5.85. The fraction of sp³-hybridized carbons (Fsp3) is 0.409. The number of rotatable bonds is 7. The molecule has 1 fully saturated rings. The van der Waals surface area contributed by atoms with E-state index in [1.165, 1.54) is 37.9 Å². The summed E-state index contributed by atoms with van der Waals surface area (Å²) in [5.41, 5.74) is 2.88. The first-order valence-corrected chi connectivity index (χ1v) is 9.87. The minimum Gasteiger partial charge on any atom is -0.493 e. The van der Waals surface area contributed by atoms with Gasteiger partial charge in [-0.15, -0.1) is 0 Å². The standard InChI is InChI=1S/C22H27N3O2/c26-22-23-20-8-7-19(16-21(20)24-22)27-14-4-11-25-12-9-18(10-13-25)15-17-5-2-1-3-6-17/h1-3,5-8,16,18H,4,9-15H2,(H2,23,24,26). The van der Waals surface area contributed by atoms with Crippen LogP contribution in [0.3, 0.4) is 0 Å².